The van der Waals surface area contributed by atoms with Crippen LogP contribution >= 0.6 is 0 Å². The molecule has 0 heterocycles. The number of rotatable bonds is 1. The minimum atomic E-state index is -0.246. The van der Waals surface area contributed by atoms with Gasteiger partial charge in [0.1, 0.15) is 6.10 Å². The summed E-state index contributed by atoms with van der Waals surface area (Å²) in [5.41, 5.74) is 2.77. The highest BCUT2D eigenvalue weighted by molar-refractivity contribution is 5.93. The summed E-state index contributed by atoms with van der Waals surface area (Å²) in [6.45, 7) is 1.44. The van der Waals surface area contributed by atoms with E-state index in [0.29, 0.717) is 12.3 Å². The van der Waals surface area contributed by atoms with Gasteiger partial charge in [0.25, 0.3) is 0 Å². The van der Waals surface area contributed by atoms with Crippen LogP contribution in [0.25, 0.3) is 0 Å². The molecule has 3 rings (SSSR count). The Morgan fingerprint density at radius 1 is 1.30 bits per heavy atom. The molecule has 0 aromatic rings. The molecular weight excluding hydrogens is 252 g/mol. The molecular formula is C17H22O3. The summed E-state index contributed by atoms with van der Waals surface area (Å²) in [6.07, 6.45) is 11.1. The van der Waals surface area contributed by atoms with Crippen LogP contribution < -0.4 is 0 Å². The molecule has 0 aromatic carbocycles. The highest BCUT2D eigenvalue weighted by Crippen LogP contribution is 2.42. The average molecular weight is 274 g/mol. The molecule has 2 bridgehead atoms. The summed E-state index contributed by atoms with van der Waals surface area (Å²) in [5, 5.41) is 0. The Hall–Kier alpha value is -1.38. The molecule has 0 amide bonds. The summed E-state index contributed by atoms with van der Waals surface area (Å²) < 4.78 is 5.35. The molecule has 20 heavy (non-hydrogen) atoms. The van der Waals surface area contributed by atoms with Crippen molar-refractivity contribution in [1.82, 2.24) is 0 Å². The summed E-state index contributed by atoms with van der Waals surface area (Å²) in [5.74, 6) is 0.485. The summed E-state index contributed by atoms with van der Waals surface area (Å²) in [4.78, 5) is 23.6. The fourth-order valence-corrected chi connectivity index (χ4v) is 3.91. The topological polar surface area (TPSA) is 43.4 Å². The van der Waals surface area contributed by atoms with E-state index < -0.39 is 0 Å². The zero-order valence-electron chi connectivity index (χ0n) is 12.1. The van der Waals surface area contributed by atoms with Gasteiger partial charge in [-0.3, -0.25) is 9.59 Å². The number of carbonyl (C=O) groups is 2. The van der Waals surface area contributed by atoms with Gasteiger partial charge in [-0.05, 0) is 38.2 Å². The maximum Gasteiger partial charge on any atom is 0.302 e. The molecule has 0 N–H and O–H groups in total. The third-order valence-electron chi connectivity index (χ3n) is 4.84. The molecule has 3 atom stereocenters. The van der Waals surface area contributed by atoms with E-state index in [1.165, 1.54) is 37.3 Å². The lowest BCUT2D eigenvalue weighted by Gasteiger charge is -2.26. The average Bonchev–Trinajstić information content (AvgIpc) is 2.68. The van der Waals surface area contributed by atoms with E-state index in [0.717, 1.165) is 19.3 Å². The number of carbonyl (C=O) groups excluding carboxylic acids is 2. The van der Waals surface area contributed by atoms with Gasteiger partial charge in [-0.15, -0.1) is 0 Å². The molecule has 1 saturated carbocycles. The first-order chi connectivity index (χ1) is 9.63. The first-order valence-corrected chi connectivity index (χ1v) is 7.74. The van der Waals surface area contributed by atoms with E-state index in [1.54, 1.807) is 0 Å². The van der Waals surface area contributed by atoms with Gasteiger partial charge in [-0.1, -0.05) is 23.6 Å². The van der Waals surface area contributed by atoms with Gasteiger partial charge < -0.3 is 4.74 Å². The lowest BCUT2D eigenvalue weighted by molar-refractivity contribution is -0.147. The monoisotopic (exact) mass is 274 g/mol. The van der Waals surface area contributed by atoms with Crippen LogP contribution in [0, 0.1) is 11.8 Å². The SMILES string of the molecule is CC(=O)O[C@H]1CC=C2C[C@H](C1)C(=O)C=C1CCCC[C@@H]12. The number of esters is 1. The number of ether oxygens (including phenoxy) is 1. The maximum atomic E-state index is 12.4. The highest BCUT2D eigenvalue weighted by atomic mass is 16.5. The molecule has 1 fully saturated rings. The fourth-order valence-electron chi connectivity index (χ4n) is 3.91. The standard InChI is InChI=1S/C17H22O3/c1-11(18)20-15-7-6-13-8-14(9-15)17(19)10-12-4-2-3-5-16(12)13/h6,10,14-16H,2-5,7-9H2,1H3/t14-,15+,16+/m1/s1. The molecule has 0 saturated heterocycles. The van der Waals surface area contributed by atoms with Crippen LogP contribution in [0.1, 0.15) is 51.9 Å². The van der Waals surface area contributed by atoms with Crippen molar-refractivity contribution in [3.63, 3.8) is 0 Å². The van der Waals surface area contributed by atoms with Crippen LogP contribution in [0.3, 0.4) is 0 Å². The predicted octanol–water partition coefficient (Wildman–Crippen LogP) is 3.34. The van der Waals surface area contributed by atoms with Gasteiger partial charge >= 0.3 is 5.97 Å². The molecule has 0 radical (unpaired) electrons. The van der Waals surface area contributed by atoms with Gasteiger partial charge in [0.05, 0.1) is 0 Å². The predicted molar refractivity (Wildman–Crippen MR) is 76.0 cm³/mol. The van der Waals surface area contributed by atoms with Crippen LogP contribution in [-0.2, 0) is 14.3 Å². The van der Waals surface area contributed by atoms with Crippen LogP contribution in [0.5, 0.6) is 0 Å². The van der Waals surface area contributed by atoms with Crippen molar-refractivity contribution in [2.75, 3.05) is 0 Å². The highest BCUT2D eigenvalue weighted by Gasteiger charge is 2.34. The van der Waals surface area contributed by atoms with Crippen molar-refractivity contribution in [3.8, 4) is 0 Å². The first-order valence-electron chi connectivity index (χ1n) is 7.74. The Kier molecular flexibility index (Phi) is 3.77. The van der Waals surface area contributed by atoms with E-state index >= 15 is 0 Å². The Morgan fingerprint density at radius 3 is 2.95 bits per heavy atom. The smallest absolute Gasteiger partial charge is 0.302 e. The second-order valence-corrected chi connectivity index (χ2v) is 6.30. The molecule has 3 nitrogen and oxygen atoms in total. The molecule has 3 aliphatic rings. The van der Waals surface area contributed by atoms with Gasteiger partial charge in [-0.25, -0.2) is 0 Å². The van der Waals surface area contributed by atoms with Crippen molar-refractivity contribution >= 4 is 11.8 Å². The quantitative estimate of drug-likeness (QED) is 0.544. The minimum Gasteiger partial charge on any atom is -0.462 e. The Labute approximate surface area is 120 Å². The number of ketones is 1. The molecule has 108 valence electrons. The van der Waals surface area contributed by atoms with Gasteiger partial charge in [0.15, 0.2) is 5.78 Å². The summed E-state index contributed by atoms with van der Waals surface area (Å²) >= 11 is 0. The van der Waals surface area contributed by atoms with E-state index in [-0.39, 0.29) is 23.8 Å². The normalized spacial score (nSPS) is 33.2. The van der Waals surface area contributed by atoms with Gasteiger partial charge in [0.2, 0.25) is 0 Å². The van der Waals surface area contributed by atoms with Crippen LogP contribution in [0.4, 0.5) is 0 Å². The summed E-state index contributed by atoms with van der Waals surface area (Å²) in [6, 6.07) is 0. The second-order valence-electron chi connectivity index (χ2n) is 6.30. The number of hydrogen-bond donors (Lipinski definition) is 0. The van der Waals surface area contributed by atoms with Gasteiger partial charge in [-0.2, -0.15) is 0 Å². The maximum absolute atomic E-state index is 12.4. The molecule has 0 spiro atoms. The fraction of sp³-hybridized carbons (Fsp3) is 0.647. The Morgan fingerprint density at radius 2 is 2.15 bits per heavy atom. The molecule has 3 aliphatic carbocycles. The lowest BCUT2D eigenvalue weighted by Crippen LogP contribution is -2.22. The minimum absolute atomic E-state index is 0.00574. The van der Waals surface area contributed by atoms with Crippen molar-refractivity contribution in [3.05, 3.63) is 23.3 Å². The van der Waals surface area contributed by atoms with Crippen molar-refractivity contribution < 1.29 is 14.3 Å². The largest absolute Gasteiger partial charge is 0.462 e. The molecule has 0 aliphatic heterocycles. The van der Waals surface area contributed by atoms with Crippen molar-refractivity contribution in [2.24, 2.45) is 11.8 Å². The molecule has 0 unspecified atom stereocenters. The van der Waals surface area contributed by atoms with Crippen LogP contribution in [0.2, 0.25) is 0 Å². The van der Waals surface area contributed by atoms with E-state index in [1.807, 2.05) is 6.08 Å². The van der Waals surface area contributed by atoms with Crippen LogP contribution in [-0.4, -0.2) is 17.9 Å². The summed E-state index contributed by atoms with van der Waals surface area (Å²) in [7, 11) is 0. The van der Waals surface area contributed by atoms with Crippen LogP contribution in [0.15, 0.2) is 23.3 Å². The van der Waals surface area contributed by atoms with Crippen molar-refractivity contribution in [2.45, 2.75) is 58.0 Å². The van der Waals surface area contributed by atoms with Crippen molar-refractivity contribution in [1.29, 1.82) is 0 Å². The third-order valence-corrected chi connectivity index (χ3v) is 4.84. The Balaban J connectivity index is 1.87. The van der Waals surface area contributed by atoms with E-state index in [2.05, 4.69) is 6.08 Å². The first kappa shape index (κ1) is 13.6. The second kappa shape index (κ2) is 5.55. The molecule has 3 heteroatoms. The number of fused-ring (bicyclic) bond motifs is 4. The van der Waals surface area contributed by atoms with Gasteiger partial charge in [0, 0.05) is 25.2 Å². The van der Waals surface area contributed by atoms with E-state index in [9.17, 15) is 9.59 Å². The zero-order valence-corrected chi connectivity index (χ0v) is 12.1. The lowest BCUT2D eigenvalue weighted by atomic mass is 9.79. The Bertz CT molecular complexity index is 486. The van der Waals surface area contributed by atoms with E-state index in [4.69, 9.17) is 4.74 Å². The molecule has 0 aromatic heterocycles. The third kappa shape index (κ3) is 2.72. The number of allylic oxidation sites excluding steroid dienone is 3. The number of hydrogen-bond acceptors (Lipinski definition) is 3. The zero-order chi connectivity index (χ0) is 14.1.